The van der Waals surface area contributed by atoms with Crippen molar-refractivity contribution in [2.45, 2.75) is 32.2 Å². The van der Waals surface area contributed by atoms with Crippen LogP contribution < -0.4 is 5.32 Å². The zero-order valence-electron chi connectivity index (χ0n) is 12.4. The highest BCUT2D eigenvalue weighted by molar-refractivity contribution is 5.79. The smallest absolute Gasteiger partial charge is 0.249 e. The topological polar surface area (TPSA) is 80.9 Å². The molecular weight excluding hydrogens is 280 g/mol. The first-order chi connectivity index (χ1) is 10.7. The highest BCUT2D eigenvalue weighted by atomic mass is 16.5. The predicted molar refractivity (Wildman–Crippen MR) is 80.6 cm³/mol. The minimum atomic E-state index is -0.304. The molecule has 3 rings (SSSR count). The first-order valence-corrected chi connectivity index (χ1v) is 7.43. The van der Waals surface area contributed by atoms with Gasteiger partial charge in [-0.2, -0.15) is 4.98 Å². The number of rotatable bonds is 4. The van der Waals surface area contributed by atoms with E-state index < -0.39 is 0 Å². The van der Waals surface area contributed by atoms with Crippen LogP contribution in [0.5, 0.6) is 0 Å². The molecule has 2 unspecified atom stereocenters. The molecule has 0 radical (unpaired) electrons. The van der Waals surface area contributed by atoms with Crippen LogP contribution in [0.3, 0.4) is 0 Å². The van der Waals surface area contributed by atoms with Crippen LogP contribution in [0.1, 0.15) is 38.1 Å². The van der Waals surface area contributed by atoms with E-state index >= 15 is 0 Å². The van der Waals surface area contributed by atoms with E-state index in [0.717, 1.165) is 24.8 Å². The van der Waals surface area contributed by atoms with E-state index in [1.807, 2.05) is 19.1 Å². The zero-order chi connectivity index (χ0) is 15.4. The molecule has 1 aliphatic carbocycles. The molecule has 0 spiro atoms. The predicted octanol–water partition coefficient (Wildman–Crippen LogP) is 2.67. The number of aromatic nitrogens is 3. The number of allylic oxidation sites excluding steroid dienone is 2. The third-order valence-corrected chi connectivity index (χ3v) is 3.75. The van der Waals surface area contributed by atoms with Crippen LogP contribution in [0.4, 0.5) is 0 Å². The van der Waals surface area contributed by atoms with Gasteiger partial charge in [-0.25, -0.2) is 0 Å². The van der Waals surface area contributed by atoms with Gasteiger partial charge in [-0.3, -0.25) is 9.78 Å². The zero-order valence-corrected chi connectivity index (χ0v) is 12.4. The fraction of sp³-hybridized carbons (Fsp3) is 0.375. The number of carbonyl (C=O) groups excluding carboxylic acids is 1. The molecule has 2 atom stereocenters. The molecule has 114 valence electrons. The van der Waals surface area contributed by atoms with E-state index in [-0.39, 0.29) is 17.9 Å². The highest BCUT2D eigenvalue weighted by Gasteiger charge is 2.23. The van der Waals surface area contributed by atoms with E-state index in [1.165, 1.54) is 0 Å². The Balaban J connectivity index is 1.65. The quantitative estimate of drug-likeness (QED) is 0.878. The van der Waals surface area contributed by atoms with Crippen molar-refractivity contribution in [3.8, 4) is 11.4 Å². The van der Waals surface area contributed by atoms with Gasteiger partial charge in [0.25, 0.3) is 0 Å². The lowest BCUT2D eigenvalue weighted by Crippen LogP contribution is -2.33. The number of pyridine rings is 1. The Morgan fingerprint density at radius 3 is 2.91 bits per heavy atom. The summed E-state index contributed by atoms with van der Waals surface area (Å²) in [6.45, 7) is 1.85. The summed E-state index contributed by atoms with van der Waals surface area (Å²) in [6.07, 6.45) is 10.2. The van der Waals surface area contributed by atoms with E-state index in [1.54, 1.807) is 12.4 Å². The van der Waals surface area contributed by atoms with Gasteiger partial charge >= 0.3 is 0 Å². The van der Waals surface area contributed by atoms with Crippen LogP contribution >= 0.6 is 0 Å². The monoisotopic (exact) mass is 298 g/mol. The number of nitrogens with one attached hydrogen (secondary N) is 1. The largest absolute Gasteiger partial charge is 0.344 e. The fourth-order valence-corrected chi connectivity index (χ4v) is 2.45. The van der Waals surface area contributed by atoms with Crippen LogP contribution in [-0.2, 0) is 4.79 Å². The molecule has 0 aromatic carbocycles. The second kappa shape index (κ2) is 6.51. The van der Waals surface area contributed by atoms with Crippen molar-refractivity contribution in [2.75, 3.05) is 0 Å². The maximum Gasteiger partial charge on any atom is 0.249 e. The van der Waals surface area contributed by atoms with Crippen molar-refractivity contribution in [1.82, 2.24) is 20.4 Å². The molecule has 22 heavy (non-hydrogen) atoms. The highest BCUT2D eigenvalue weighted by Crippen LogP contribution is 2.21. The van der Waals surface area contributed by atoms with E-state index in [0.29, 0.717) is 11.7 Å². The normalized spacial score (nSPS) is 18.9. The Morgan fingerprint density at radius 1 is 1.36 bits per heavy atom. The van der Waals surface area contributed by atoms with E-state index in [4.69, 9.17) is 4.52 Å². The third-order valence-electron chi connectivity index (χ3n) is 3.75. The van der Waals surface area contributed by atoms with Gasteiger partial charge in [-0.1, -0.05) is 17.3 Å². The Kier molecular flexibility index (Phi) is 4.27. The van der Waals surface area contributed by atoms with Crippen molar-refractivity contribution in [1.29, 1.82) is 0 Å². The van der Waals surface area contributed by atoms with Crippen LogP contribution in [-0.4, -0.2) is 21.0 Å². The maximum atomic E-state index is 12.2. The molecule has 0 saturated carbocycles. The van der Waals surface area contributed by atoms with Crippen molar-refractivity contribution in [3.05, 3.63) is 42.6 Å². The molecule has 0 bridgehead atoms. The lowest BCUT2D eigenvalue weighted by atomic mass is 9.93. The minimum absolute atomic E-state index is 0.0371. The molecule has 0 aliphatic heterocycles. The molecule has 0 saturated heterocycles. The molecule has 6 nitrogen and oxygen atoms in total. The number of nitrogens with zero attached hydrogens (tertiary/aromatic N) is 3. The molecular formula is C16H18N4O2. The molecule has 0 fully saturated rings. The van der Waals surface area contributed by atoms with Gasteiger partial charge in [-0.05, 0) is 38.3 Å². The van der Waals surface area contributed by atoms with Crippen LogP contribution in [0.2, 0.25) is 0 Å². The molecule has 1 amide bonds. The third kappa shape index (κ3) is 3.21. The van der Waals surface area contributed by atoms with Crippen molar-refractivity contribution < 1.29 is 9.32 Å². The summed E-state index contributed by atoms with van der Waals surface area (Å²) >= 11 is 0. The SMILES string of the molecule is CC(NC(=O)C1CC=CCC1)c1nc(-c2ccncc2)no1. The number of amides is 1. The number of hydrogen-bond donors (Lipinski definition) is 1. The van der Waals surface area contributed by atoms with Crippen LogP contribution in [0.25, 0.3) is 11.4 Å². The van der Waals surface area contributed by atoms with Crippen LogP contribution in [0.15, 0.2) is 41.2 Å². The van der Waals surface area contributed by atoms with Crippen molar-refractivity contribution >= 4 is 5.91 Å². The Hall–Kier alpha value is -2.50. The first-order valence-electron chi connectivity index (χ1n) is 7.43. The fourth-order valence-electron chi connectivity index (χ4n) is 2.45. The van der Waals surface area contributed by atoms with Gasteiger partial charge in [0, 0.05) is 23.9 Å². The summed E-state index contributed by atoms with van der Waals surface area (Å²) < 4.78 is 5.26. The van der Waals surface area contributed by atoms with Crippen LogP contribution in [0, 0.1) is 5.92 Å². The van der Waals surface area contributed by atoms with Crippen molar-refractivity contribution in [3.63, 3.8) is 0 Å². The Bertz CT molecular complexity index is 666. The summed E-state index contributed by atoms with van der Waals surface area (Å²) in [6, 6.07) is 3.32. The van der Waals surface area contributed by atoms with Gasteiger partial charge in [0.15, 0.2) is 0 Å². The van der Waals surface area contributed by atoms with E-state index in [9.17, 15) is 4.79 Å². The number of hydrogen-bond acceptors (Lipinski definition) is 5. The second-order valence-electron chi connectivity index (χ2n) is 5.40. The summed E-state index contributed by atoms with van der Waals surface area (Å²) in [4.78, 5) is 20.5. The second-order valence-corrected chi connectivity index (χ2v) is 5.40. The summed E-state index contributed by atoms with van der Waals surface area (Å²) in [7, 11) is 0. The average Bonchev–Trinajstić information content (AvgIpc) is 3.06. The Morgan fingerprint density at radius 2 is 2.18 bits per heavy atom. The van der Waals surface area contributed by atoms with Gasteiger partial charge in [0.1, 0.15) is 6.04 Å². The molecule has 6 heteroatoms. The van der Waals surface area contributed by atoms with Crippen molar-refractivity contribution in [2.24, 2.45) is 5.92 Å². The minimum Gasteiger partial charge on any atom is -0.344 e. The molecule has 2 aromatic heterocycles. The summed E-state index contributed by atoms with van der Waals surface area (Å²) in [5, 5.41) is 6.90. The van der Waals surface area contributed by atoms with E-state index in [2.05, 4.69) is 32.6 Å². The number of carbonyl (C=O) groups is 1. The Labute approximate surface area is 128 Å². The molecule has 1 aliphatic rings. The lowest BCUT2D eigenvalue weighted by Gasteiger charge is -2.19. The molecule has 2 heterocycles. The summed E-state index contributed by atoms with van der Waals surface area (Å²) in [5.74, 6) is 0.987. The van der Waals surface area contributed by atoms with Gasteiger partial charge in [-0.15, -0.1) is 0 Å². The summed E-state index contributed by atoms with van der Waals surface area (Å²) in [5.41, 5.74) is 0.834. The van der Waals surface area contributed by atoms with Gasteiger partial charge in [0.2, 0.25) is 17.6 Å². The lowest BCUT2D eigenvalue weighted by molar-refractivity contribution is -0.126. The van der Waals surface area contributed by atoms with Gasteiger partial charge in [0.05, 0.1) is 0 Å². The molecule has 1 N–H and O–H groups in total. The van der Waals surface area contributed by atoms with Gasteiger partial charge < -0.3 is 9.84 Å². The maximum absolute atomic E-state index is 12.2. The molecule has 2 aromatic rings. The standard InChI is InChI=1S/C16H18N4O2/c1-11(18-15(21)13-5-3-2-4-6-13)16-19-14(20-22-16)12-7-9-17-10-8-12/h2-3,7-11,13H,4-6H2,1H3,(H,18,21). The first kappa shape index (κ1) is 14.4. The average molecular weight is 298 g/mol.